The number of nitrogens with zero attached hydrogens (tertiary/aromatic N) is 5. The van der Waals surface area contributed by atoms with Crippen LogP contribution >= 0.6 is 0 Å². The molecule has 0 aliphatic heterocycles. The minimum absolute atomic E-state index is 0.0181. The Labute approximate surface area is 177 Å². The number of aromatic nitrogens is 6. The van der Waals surface area contributed by atoms with E-state index in [1.165, 1.54) is 22.6 Å². The highest BCUT2D eigenvalue weighted by Gasteiger charge is 2.24. The van der Waals surface area contributed by atoms with Gasteiger partial charge in [0.05, 0.1) is 18.0 Å². The fourth-order valence-corrected chi connectivity index (χ4v) is 4.44. The lowest BCUT2D eigenvalue weighted by molar-refractivity contribution is 0.0697. The van der Waals surface area contributed by atoms with Gasteiger partial charge in [-0.15, -0.1) is 0 Å². The molecule has 1 aliphatic rings. The summed E-state index contributed by atoms with van der Waals surface area (Å²) in [5.41, 5.74) is 2.00. The number of H-pyrrole nitrogens is 1. The minimum atomic E-state index is -1.09. The molecule has 31 heavy (non-hydrogen) atoms. The number of carboxylic acids is 1. The first kappa shape index (κ1) is 19.2. The molecule has 5 rings (SSSR count). The summed E-state index contributed by atoms with van der Waals surface area (Å²) in [6.45, 7) is 0.681. The zero-order valence-corrected chi connectivity index (χ0v) is 16.8. The molecule has 9 heteroatoms. The van der Waals surface area contributed by atoms with E-state index in [0.717, 1.165) is 25.7 Å². The van der Waals surface area contributed by atoms with Crippen molar-refractivity contribution in [2.75, 3.05) is 0 Å². The van der Waals surface area contributed by atoms with Crippen LogP contribution in [0.15, 0.2) is 53.7 Å². The second-order valence-electron chi connectivity index (χ2n) is 8.06. The molecule has 4 aromatic rings. The van der Waals surface area contributed by atoms with Crippen LogP contribution in [0.5, 0.6) is 0 Å². The molecule has 158 valence electrons. The summed E-state index contributed by atoms with van der Waals surface area (Å²) < 4.78 is 2.98. The lowest BCUT2D eigenvalue weighted by Crippen LogP contribution is -2.22. The van der Waals surface area contributed by atoms with Gasteiger partial charge in [-0.25, -0.2) is 14.5 Å². The van der Waals surface area contributed by atoms with Crippen molar-refractivity contribution in [1.29, 1.82) is 0 Å². The van der Waals surface area contributed by atoms with Crippen LogP contribution in [0.1, 0.15) is 47.5 Å². The van der Waals surface area contributed by atoms with E-state index in [0.29, 0.717) is 29.4 Å². The third kappa shape index (κ3) is 3.74. The molecule has 1 aliphatic carbocycles. The van der Waals surface area contributed by atoms with Gasteiger partial charge in [-0.05, 0) is 43.1 Å². The highest BCUT2D eigenvalue weighted by Crippen LogP contribution is 2.36. The molecule has 1 fully saturated rings. The lowest BCUT2D eigenvalue weighted by Gasteiger charge is -2.28. The van der Waals surface area contributed by atoms with E-state index in [1.54, 1.807) is 10.9 Å². The molecule has 0 bridgehead atoms. The zero-order chi connectivity index (χ0) is 21.4. The molecule has 9 nitrogen and oxygen atoms in total. The lowest BCUT2D eigenvalue weighted by atomic mass is 9.79. The van der Waals surface area contributed by atoms with Gasteiger partial charge < -0.3 is 5.11 Å². The Hall–Kier alpha value is -3.75. The summed E-state index contributed by atoms with van der Waals surface area (Å²) in [4.78, 5) is 30.9. The van der Waals surface area contributed by atoms with Crippen molar-refractivity contribution >= 4 is 17.0 Å². The molecule has 3 heterocycles. The Morgan fingerprint density at radius 3 is 2.58 bits per heavy atom. The van der Waals surface area contributed by atoms with E-state index in [-0.39, 0.29) is 17.1 Å². The normalized spacial score (nSPS) is 19.0. The monoisotopic (exact) mass is 418 g/mol. The number of carboxylic acid groups (broad SMARTS) is 1. The van der Waals surface area contributed by atoms with Crippen LogP contribution in [0.2, 0.25) is 0 Å². The fourth-order valence-electron chi connectivity index (χ4n) is 4.44. The Morgan fingerprint density at radius 1 is 1.10 bits per heavy atom. The molecule has 1 aromatic carbocycles. The van der Waals surface area contributed by atoms with Crippen molar-refractivity contribution in [2.24, 2.45) is 5.92 Å². The summed E-state index contributed by atoms with van der Waals surface area (Å²) in [6, 6.07) is 10.6. The van der Waals surface area contributed by atoms with Crippen LogP contribution in [-0.2, 0) is 6.54 Å². The number of benzene rings is 1. The zero-order valence-electron chi connectivity index (χ0n) is 16.8. The first-order valence-electron chi connectivity index (χ1n) is 10.4. The number of hydrogen-bond donors (Lipinski definition) is 2. The average Bonchev–Trinajstić information content (AvgIpc) is 3.43. The standard InChI is InChI=1S/C22H22N6O3/c29-20-19-18(25-22(26-20)28-13-17(10-23-28)21(30)31)11-24-27(19)12-14-6-8-16(9-7-14)15-4-2-1-3-5-15/h1-5,10-11,13-14,16H,6-9,12H2,(H,30,31)(H,25,26,29). The summed E-state index contributed by atoms with van der Waals surface area (Å²) in [5, 5.41) is 17.4. The van der Waals surface area contributed by atoms with Crippen molar-refractivity contribution in [3.05, 3.63) is 70.4 Å². The van der Waals surface area contributed by atoms with Crippen molar-refractivity contribution in [3.63, 3.8) is 0 Å². The summed E-state index contributed by atoms with van der Waals surface area (Å²) in [5.74, 6) is 0.132. The van der Waals surface area contributed by atoms with Gasteiger partial charge in [-0.1, -0.05) is 30.3 Å². The maximum absolute atomic E-state index is 12.8. The number of aromatic carboxylic acids is 1. The van der Waals surface area contributed by atoms with Crippen molar-refractivity contribution < 1.29 is 9.90 Å². The number of nitrogens with one attached hydrogen (secondary N) is 1. The molecule has 2 N–H and O–H groups in total. The highest BCUT2D eigenvalue weighted by molar-refractivity contribution is 5.87. The summed E-state index contributed by atoms with van der Waals surface area (Å²) in [7, 11) is 0. The van der Waals surface area contributed by atoms with Crippen LogP contribution in [0, 0.1) is 5.92 Å². The number of fused-ring (bicyclic) bond motifs is 1. The number of rotatable bonds is 5. The molecular weight excluding hydrogens is 396 g/mol. The van der Waals surface area contributed by atoms with Gasteiger partial charge in [0.1, 0.15) is 5.52 Å². The quantitative estimate of drug-likeness (QED) is 0.514. The maximum Gasteiger partial charge on any atom is 0.338 e. The molecule has 0 radical (unpaired) electrons. The Morgan fingerprint density at radius 2 is 1.87 bits per heavy atom. The summed E-state index contributed by atoms with van der Waals surface area (Å²) >= 11 is 0. The van der Waals surface area contributed by atoms with Gasteiger partial charge in [0.25, 0.3) is 5.56 Å². The van der Waals surface area contributed by atoms with Gasteiger partial charge in [0.15, 0.2) is 5.52 Å². The molecule has 0 saturated heterocycles. The number of aromatic amines is 1. The van der Waals surface area contributed by atoms with Crippen molar-refractivity contribution in [1.82, 2.24) is 29.5 Å². The molecular formula is C22H22N6O3. The average molecular weight is 418 g/mol. The number of hydrogen-bond acceptors (Lipinski definition) is 5. The second-order valence-corrected chi connectivity index (χ2v) is 8.06. The van der Waals surface area contributed by atoms with Gasteiger partial charge in [0, 0.05) is 12.7 Å². The Kier molecular flexibility index (Phi) is 4.85. The van der Waals surface area contributed by atoms with Gasteiger partial charge in [0.2, 0.25) is 5.95 Å². The number of carbonyl (C=O) groups is 1. The van der Waals surface area contributed by atoms with Crippen LogP contribution in [-0.4, -0.2) is 40.6 Å². The smallest absolute Gasteiger partial charge is 0.338 e. The second kappa shape index (κ2) is 7.82. The van der Waals surface area contributed by atoms with E-state index in [9.17, 15) is 9.59 Å². The molecule has 3 aromatic heterocycles. The SMILES string of the molecule is O=C(O)c1cnn(-c2nc3cnn(CC4CCC(c5ccccc5)CC4)c3c(=O)[nH]2)c1. The first-order chi connectivity index (χ1) is 15.1. The Balaban J connectivity index is 1.33. The fraction of sp³-hybridized carbons (Fsp3) is 0.318. The van der Waals surface area contributed by atoms with Crippen molar-refractivity contribution in [3.8, 4) is 5.95 Å². The van der Waals surface area contributed by atoms with Crippen molar-refractivity contribution in [2.45, 2.75) is 38.1 Å². The first-order valence-corrected chi connectivity index (χ1v) is 10.4. The van der Waals surface area contributed by atoms with E-state index < -0.39 is 5.97 Å². The summed E-state index contributed by atoms with van der Waals surface area (Å²) in [6.07, 6.45) is 8.55. The largest absolute Gasteiger partial charge is 0.478 e. The maximum atomic E-state index is 12.8. The third-order valence-electron chi connectivity index (χ3n) is 6.08. The molecule has 0 amide bonds. The molecule has 1 saturated carbocycles. The van der Waals surface area contributed by atoms with Gasteiger partial charge in [-0.3, -0.25) is 14.5 Å². The van der Waals surface area contributed by atoms with E-state index >= 15 is 0 Å². The van der Waals surface area contributed by atoms with Gasteiger partial charge in [-0.2, -0.15) is 10.2 Å². The van der Waals surface area contributed by atoms with Crippen LogP contribution in [0.4, 0.5) is 0 Å². The van der Waals surface area contributed by atoms with Gasteiger partial charge >= 0.3 is 5.97 Å². The van der Waals surface area contributed by atoms with Crippen LogP contribution in [0.3, 0.4) is 0 Å². The topological polar surface area (TPSA) is 119 Å². The molecule has 0 spiro atoms. The van der Waals surface area contributed by atoms with Crippen LogP contribution in [0.25, 0.3) is 17.0 Å². The third-order valence-corrected chi connectivity index (χ3v) is 6.08. The predicted octanol–water partition coefficient (Wildman–Crippen LogP) is 2.98. The highest BCUT2D eigenvalue weighted by atomic mass is 16.4. The molecule has 0 atom stereocenters. The predicted molar refractivity (Wildman–Crippen MR) is 113 cm³/mol. The van der Waals surface area contributed by atoms with Crippen LogP contribution < -0.4 is 5.56 Å². The Bertz CT molecular complexity index is 1280. The van der Waals surface area contributed by atoms with E-state index in [4.69, 9.17) is 5.11 Å². The van der Waals surface area contributed by atoms with E-state index in [2.05, 4.69) is 44.4 Å². The minimum Gasteiger partial charge on any atom is -0.478 e. The molecule has 0 unspecified atom stereocenters. The van der Waals surface area contributed by atoms with E-state index in [1.807, 2.05) is 6.07 Å².